The zero-order valence-corrected chi connectivity index (χ0v) is 35.0. The van der Waals surface area contributed by atoms with E-state index in [1.54, 1.807) is 51.1 Å². The van der Waals surface area contributed by atoms with Crippen molar-refractivity contribution >= 4 is 35.8 Å². The summed E-state index contributed by atoms with van der Waals surface area (Å²) in [7, 11) is 0. The minimum atomic E-state index is -2.39. The Morgan fingerprint density at radius 3 is 2.18 bits per heavy atom. The molecule has 2 heterocycles. The number of fused-ring (bicyclic) bond motifs is 4. The maximum Gasteiger partial charge on any atom is 0.408 e. The van der Waals surface area contributed by atoms with Gasteiger partial charge in [0.2, 0.25) is 6.10 Å². The molecule has 3 fully saturated rings. The Morgan fingerprint density at radius 2 is 1.59 bits per heavy atom. The Balaban J connectivity index is 1.38. The van der Waals surface area contributed by atoms with Gasteiger partial charge >= 0.3 is 30.0 Å². The number of benzene rings is 2. The average molecular weight is 849 g/mol. The van der Waals surface area contributed by atoms with Gasteiger partial charge in [-0.3, -0.25) is 9.59 Å². The third-order valence-electron chi connectivity index (χ3n) is 13.3. The monoisotopic (exact) mass is 848 g/mol. The Morgan fingerprint density at radius 1 is 0.967 bits per heavy atom. The van der Waals surface area contributed by atoms with Crippen molar-refractivity contribution in [2.75, 3.05) is 13.2 Å². The zero-order chi connectivity index (χ0) is 44.6. The minimum absolute atomic E-state index is 0.0905. The summed E-state index contributed by atoms with van der Waals surface area (Å²) in [4.78, 5) is 84.1. The molecule has 61 heavy (non-hydrogen) atoms. The van der Waals surface area contributed by atoms with Gasteiger partial charge < -0.3 is 54.8 Å². The largest absolute Gasteiger partial charge is 0.455 e. The summed E-state index contributed by atoms with van der Waals surface area (Å²) in [5.74, 6) is -6.72. The molecule has 328 valence electrons. The van der Waals surface area contributed by atoms with Crippen LogP contribution in [0.4, 0.5) is 4.79 Å². The van der Waals surface area contributed by atoms with Gasteiger partial charge in [0.15, 0.2) is 11.4 Å². The summed E-state index contributed by atoms with van der Waals surface area (Å²) in [6, 6.07) is 12.4. The lowest BCUT2D eigenvalue weighted by Gasteiger charge is -2.67. The average Bonchev–Trinajstić information content (AvgIpc) is 3.24. The molecule has 0 radical (unpaired) electrons. The van der Waals surface area contributed by atoms with Gasteiger partial charge in [-0.15, -0.1) is 0 Å². The molecule has 2 saturated carbocycles. The van der Waals surface area contributed by atoms with Gasteiger partial charge in [0.05, 0.1) is 41.7 Å². The fourth-order valence-electron chi connectivity index (χ4n) is 10.1. The molecule has 3 aliphatic carbocycles. The van der Waals surface area contributed by atoms with Crippen LogP contribution in [0.1, 0.15) is 93.6 Å². The van der Waals surface area contributed by atoms with E-state index in [4.69, 9.17) is 34.2 Å². The normalized spacial score (nSPS) is 33.7. The Hall–Kier alpha value is -5.20. The Bertz CT molecular complexity index is 2180. The van der Waals surface area contributed by atoms with Gasteiger partial charge in [0, 0.05) is 18.3 Å². The highest BCUT2D eigenvalue weighted by Gasteiger charge is 2.78. The lowest BCUT2D eigenvalue weighted by molar-refractivity contribution is -0.341. The van der Waals surface area contributed by atoms with E-state index in [1.807, 2.05) is 0 Å². The number of aliphatic hydroxyl groups excluding tert-OH is 2. The maximum atomic E-state index is 15.0. The van der Waals surface area contributed by atoms with Crippen LogP contribution in [0.2, 0.25) is 0 Å². The molecule has 17 heteroatoms. The number of nitrogens with two attached hydrogens (primary N) is 1. The van der Waals surface area contributed by atoms with Crippen LogP contribution in [-0.4, -0.2) is 118 Å². The highest BCUT2D eigenvalue weighted by Crippen LogP contribution is 2.64. The molecule has 11 atom stereocenters. The van der Waals surface area contributed by atoms with Crippen LogP contribution in [-0.2, 0) is 42.8 Å². The molecule has 1 amide bonds. The highest BCUT2D eigenvalue weighted by molar-refractivity contribution is 6.04. The number of carbonyl (C=O) groups excluding carboxylic acids is 6. The van der Waals surface area contributed by atoms with Gasteiger partial charge in [-0.05, 0) is 63.5 Å². The number of esters is 4. The number of alkyl carbamates (subject to hydrolysis) is 1. The van der Waals surface area contributed by atoms with Crippen molar-refractivity contribution in [3.8, 4) is 0 Å². The number of nitrogens with one attached hydrogen (secondary N) is 1. The Labute approximate surface area is 351 Å². The molecular formula is C44H52N2O15. The molecule has 6 N–H and O–H groups in total. The second-order valence-electron chi connectivity index (χ2n) is 18.2. The van der Waals surface area contributed by atoms with Crippen LogP contribution in [0.25, 0.3) is 0 Å². The predicted octanol–water partition coefficient (Wildman–Crippen LogP) is 2.38. The number of aliphatic hydroxyl groups is 3. The van der Waals surface area contributed by atoms with Crippen molar-refractivity contribution in [1.82, 2.24) is 5.32 Å². The first-order valence-electron chi connectivity index (χ1n) is 20.1. The molecule has 2 aromatic rings. The second-order valence-corrected chi connectivity index (χ2v) is 18.2. The van der Waals surface area contributed by atoms with E-state index < -0.39 is 125 Å². The summed E-state index contributed by atoms with van der Waals surface area (Å²) in [5.41, 5.74) is -3.22. The second kappa shape index (κ2) is 15.3. The molecule has 7 rings (SSSR count). The van der Waals surface area contributed by atoms with E-state index in [0.29, 0.717) is 5.56 Å². The number of amides is 1. The number of hydrogen-bond acceptors (Lipinski definition) is 16. The lowest BCUT2D eigenvalue weighted by atomic mass is 9.44. The standard InChI is InChI=1S/C44H52N2O15/c1-21-25(57-38(53)32(58-28(48)19-45)30(22-13-9-8-10-14-22)46-39(54)61-40(2,3)4)18-44(55)35-33-42(7,34(50)31(49)29(21)41(44,5)6)26(47)17-27-43(33,20-56-27)60-37(52)24-16-12-11-15-23(24)36(51)59-35/h8-16,25-27,30-33,35,47,49,55H,17-20,45H2,1-7H3,(H,46,54)/t25-,26-,27+,30-,31+,32+,33?,35-,42+,43-,44+/m0/s1. The summed E-state index contributed by atoms with van der Waals surface area (Å²) < 4.78 is 35.7. The molecule has 1 saturated heterocycles. The molecule has 5 aliphatic rings. The number of ketones is 1. The van der Waals surface area contributed by atoms with E-state index in [2.05, 4.69) is 5.32 Å². The molecular weight excluding hydrogens is 796 g/mol. The van der Waals surface area contributed by atoms with Crippen LogP contribution in [0.3, 0.4) is 0 Å². The summed E-state index contributed by atoms with van der Waals surface area (Å²) in [6.07, 6.45) is -11.6. The van der Waals surface area contributed by atoms with Gasteiger partial charge in [-0.1, -0.05) is 56.3 Å². The van der Waals surface area contributed by atoms with E-state index in [1.165, 1.54) is 52.0 Å². The predicted molar refractivity (Wildman–Crippen MR) is 210 cm³/mol. The summed E-state index contributed by atoms with van der Waals surface area (Å²) >= 11 is 0. The topological polar surface area (TPSA) is 257 Å². The van der Waals surface area contributed by atoms with Gasteiger partial charge in [-0.25, -0.2) is 19.2 Å². The molecule has 2 bridgehead atoms. The molecule has 0 aromatic heterocycles. The molecule has 2 aromatic carbocycles. The highest BCUT2D eigenvalue weighted by atomic mass is 16.6. The molecule has 2 aliphatic heterocycles. The van der Waals surface area contributed by atoms with Gasteiger partial charge in [0.25, 0.3) is 0 Å². The number of carbonyl (C=O) groups is 6. The maximum absolute atomic E-state index is 15.0. The van der Waals surface area contributed by atoms with Crippen molar-refractivity contribution in [2.24, 2.45) is 22.5 Å². The van der Waals surface area contributed by atoms with Crippen LogP contribution >= 0.6 is 0 Å². The van der Waals surface area contributed by atoms with Crippen LogP contribution < -0.4 is 11.1 Å². The third kappa shape index (κ3) is 6.99. The number of ether oxygens (including phenoxy) is 6. The van der Waals surface area contributed by atoms with E-state index >= 15 is 4.79 Å². The zero-order valence-electron chi connectivity index (χ0n) is 35.0. The van der Waals surface area contributed by atoms with E-state index in [0.717, 1.165) is 0 Å². The van der Waals surface area contributed by atoms with Crippen LogP contribution in [0, 0.1) is 16.7 Å². The fourth-order valence-corrected chi connectivity index (χ4v) is 10.1. The van der Waals surface area contributed by atoms with Crippen LogP contribution in [0.15, 0.2) is 65.7 Å². The summed E-state index contributed by atoms with van der Waals surface area (Å²) in [6.45, 7) is 9.85. The van der Waals surface area contributed by atoms with Crippen LogP contribution in [0.5, 0.6) is 0 Å². The van der Waals surface area contributed by atoms with Crippen molar-refractivity contribution in [3.05, 3.63) is 82.4 Å². The number of rotatable bonds is 7. The van der Waals surface area contributed by atoms with Crippen molar-refractivity contribution in [2.45, 2.75) is 121 Å². The Kier molecular flexibility index (Phi) is 11.0. The molecule has 17 nitrogen and oxygen atoms in total. The quantitative estimate of drug-likeness (QED) is 0.152. The lowest BCUT2D eigenvalue weighted by Crippen LogP contribution is -2.81. The van der Waals surface area contributed by atoms with E-state index in [9.17, 15) is 39.3 Å². The number of hydrogen-bond donors (Lipinski definition) is 5. The fraction of sp³-hybridized carbons (Fsp3) is 0.545. The first kappa shape index (κ1) is 43.9. The minimum Gasteiger partial charge on any atom is -0.455 e. The van der Waals surface area contributed by atoms with Gasteiger partial charge in [-0.2, -0.15) is 0 Å². The first-order valence-corrected chi connectivity index (χ1v) is 20.1. The molecule has 1 unspecified atom stereocenters. The third-order valence-corrected chi connectivity index (χ3v) is 13.3. The SMILES string of the molecule is CC1=C2[C@@H](O)C(=O)[C@@]3(C)C4[C@H](OC(=O)c5ccccc5C(=O)O[C@]45CO[C@@H]5C[C@@H]3O)[C@](O)(C[C@@H]1OC(=O)[C@H](OC(=O)CN)[C@@H](NC(=O)OC(C)(C)C)c1ccccc1)C2(C)C. The van der Waals surface area contributed by atoms with Crippen molar-refractivity contribution in [3.63, 3.8) is 0 Å². The van der Waals surface area contributed by atoms with E-state index in [-0.39, 0.29) is 35.3 Å². The number of Topliss-reactive ketones (excluding diaryl/α,β-unsaturated/α-hetero) is 1. The molecule has 1 spiro atoms. The van der Waals surface area contributed by atoms with Gasteiger partial charge in [0.1, 0.15) is 41.7 Å². The van der Waals surface area contributed by atoms with Crippen molar-refractivity contribution < 1.29 is 72.5 Å². The summed E-state index contributed by atoms with van der Waals surface area (Å²) in [5, 5.41) is 40.3. The first-order chi connectivity index (χ1) is 28.5. The van der Waals surface area contributed by atoms with Crippen molar-refractivity contribution in [1.29, 1.82) is 0 Å². The smallest absolute Gasteiger partial charge is 0.408 e.